The third kappa shape index (κ3) is 3.81. The second kappa shape index (κ2) is 8.35. The van der Waals surface area contributed by atoms with Crippen LogP contribution in [0, 0.1) is 5.82 Å². The van der Waals surface area contributed by atoms with E-state index in [0.717, 1.165) is 72.6 Å². The highest BCUT2D eigenvalue weighted by atomic mass is 32.2. The Bertz CT molecular complexity index is 1030. The van der Waals surface area contributed by atoms with Crippen LogP contribution in [0.1, 0.15) is 19.8 Å². The van der Waals surface area contributed by atoms with Gasteiger partial charge in [0.1, 0.15) is 5.82 Å². The molecule has 30 heavy (non-hydrogen) atoms. The Morgan fingerprint density at radius 1 is 1.10 bits per heavy atom. The summed E-state index contributed by atoms with van der Waals surface area (Å²) >= 11 is 1.74. The highest BCUT2D eigenvalue weighted by molar-refractivity contribution is 7.99. The Balaban J connectivity index is 1.46. The fraction of sp³-hybridized carbons (Fsp3) is 0.409. The Morgan fingerprint density at radius 3 is 2.67 bits per heavy atom. The van der Waals surface area contributed by atoms with Gasteiger partial charge < -0.3 is 14.8 Å². The van der Waals surface area contributed by atoms with E-state index in [2.05, 4.69) is 26.7 Å². The number of benzene rings is 1. The van der Waals surface area contributed by atoms with Crippen LogP contribution in [0.3, 0.4) is 0 Å². The molecule has 0 amide bonds. The number of hydrogen-bond acceptors (Lipinski definition) is 6. The lowest BCUT2D eigenvalue weighted by molar-refractivity contribution is 0.229. The Hall–Kier alpha value is -2.45. The number of likely N-dealkylation sites (tertiary alicyclic amines) is 1. The van der Waals surface area contributed by atoms with Gasteiger partial charge >= 0.3 is 0 Å². The van der Waals surface area contributed by atoms with Crippen LogP contribution in [0.15, 0.2) is 41.7 Å². The zero-order valence-corrected chi connectivity index (χ0v) is 17.8. The Kier molecular flexibility index (Phi) is 5.43. The molecule has 0 unspecified atom stereocenters. The van der Waals surface area contributed by atoms with E-state index in [9.17, 15) is 4.39 Å². The minimum Gasteiger partial charge on any atom is -0.351 e. The SMILES string of the molecule is CCN1CCC(Nc2nccc(-c3c(-c4ccc(F)cc4)nc4n3CCS4)n2)CC1. The summed E-state index contributed by atoms with van der Waals surface area (Å²) in [6.07, 6.45) is 4.00. The topological polar surface area (TPSA) is 58.9 Å². The standard InChI is InChI=1S/C22H25FN6S/c1-2-28-11-8-17(9-12-28)25-21-24-10-7-18(26-21)20-19(15-3-5-16(23)6-4-15)27-22-29(20)13-14-30-22/h3-7,10,17H,2,8-9,11-14H2,1H3,(H,24,25,26). The second-order valence-corrected chi connectivity index (χ2v) is 8.78. The summed E-state index contributed by atoms with van der Waals surface area (Å²) in [7, 11) is 0. The zero-order chi connectivity index (χ0) is 20.5. The van der Waals surface area contributed by atoms with Crippen LogP contribution in [-0.4, -0.2) is 55.8 Å². The number of nitrogens with one attached hydrogen (secondary N) is 1. The summed E-state index contributed by atoms with van der Waals surface area (Å²) in [5, 5.41) is 4.52. The van der Waals surface area contributed by atoms with Gasteiger partial charge in [-0.15, -0.1) is 0 Å². The first-order valence-corrected chi connectivity index (χ1v) is 11.5. The summed E-state index contributed by atoms with van der Waals surface area (Å²) in [5.41, 5.74) is 3.57. The van der Waals surface area contributed by atoms with Crippen molar-refractivity contribution in [3.05, 3.63) is 42.3 Å². The van der Waals surface area contributed by atoms with Crippen molar-refractivity contribution in [1.82, 2.24) is 24.4 Å². The molecule has 1 fully saturated rings. The van der Waals surface area contributed by atoms with E-state index >= 15 is 0 Å². The summed E-state index contributed by atoms with van der Waals surface area (Å²) in [6, 6.07) is 8.85. The van der Waals surface area contributed by atoms with E-state index in [-0.39, 0.29) is 5.82 Å². The van der Waals surface area contributed by atoms with Crippen molar-refractivity contribution >= 4 is 17.7 Å². The number of imidazole rings is 1. The number of rotatable bonds is 5. The summed E-state index contributed by atoms with van der Waals surface area (Å²) < 4.78 is 15.7. The molecule has 0 radical (unpaired) electrons. The highest BCUT2D eigenvalue weighted by Gasteiger charge is 2.25. The molecule has 4 heterocycles. The third-order valence-corrected chi connectivity index (χ3v) is 6.82. The van der Waals surface area contributed by atoms with Crippen LogP contribution in [-0.2, 0) is 6.54 Å². The van der Waals surface area contributed by atoms with Gasteiger partial charge in [-0.3, -0.25) is 0 Å². The number of thioether (sulfide) groups is 1. The summed E-state index contributed by atoms with van der Waals surface area (Å²) in [6.45, 7) is 6.42. The summed E-state index contributed by atoms with van der Waals surface area (Å²) in [5.74, 6) is 1.42. The van der Waals surface area contributed by atoms with Crippen LogP contribution in [0.4, 0.5) is 10.3 Å². The maximum absolute atomic E-state index is 13.4. The highest BCUT2D eigenvalue weighted by Crippen LogP contribution is 2.38. The Morgan fingerprint density at radius 2 is 1.90 bits per heavy atom. The van der Waals surface area contributed by atoms with Crippen molar-refractivity contribution in [2.24, 2.45) is 0 Å². The minimum absolute atomic E-state index is 0.246. The first kappa shape index (κ1) is 19.5. The van der Waals surface area contributed by atoms with Crippen LogP contribution in [0.2, 0.25) is 0 Å². The fourth-order valence-corrected chi connectivity index (χ4v) is 5.13. The van der Waals surface area contributed by atoms with Crippen molar-refractivity contribution in [3.8, 4) is 22.6 Å². The molecule has 1 aromatic carbocycles. The van der Waals surface area contributed by atoms with Crippen molar-refractivity contribution in [3.63, 3.8) is 0 Å². The van der Waals surface area contributed by atoms with Crippen LogP contribution >= 0.6 is 11.8 Å². The predicted octanol–water partition coefficient (Wildman–Crippen LogP) is 4.15. The molecular weight excluding hydrogens is 399 g/mol. The molecule has 5 rings (SSSR count). The Labute approximate surface area is 179 Å². The summed E-state index contributed by atoms with van der Waals surface area (Å²) in [4.78, 5) is 16.6. The maximum Gasteiger partial charge on any atom is 0.223 e. The van der Waals surface area contributed by atoms with E-state index < -0.39 is 0 Å². The molecule has 0 spiro atoms. The average Bonchev–Trinajstić information content (AvgIpc) is 3.36. The number of piperidine rings is 1. The van der Waals surface area contributed by atoms with Gasteiger partial charge in [-0.2, -0.15) is 0 Å². The lowest BCUT2D eigenvalue weighted by atomic mass is 10.1. The van der Waals surface area contributed by atoms with Gasteiger partial charge in [-0.1, -0.05) is 18.7 Å². The van der Waals surface area contributed by atoms with Gasteiger partial charge in [-0.05, 0) is 49.7 Å². The third-order valence-electron chi connectivity index (χ3n) is 5.86. The predicted molar refractivity (Wildman–Crippen MR) is 118 cm³/mol. The molecule has 0 aliphatic carbocycles. The van der Waals surface area contributed by atoms with Crippen LogP contribution < -0.4 is 5.32 Å². The van der Waals surface area contributed by atoms with E-state index in [1.54, 1.807) is 23.9 Å². The monoisotopic (exact) mass is 424 g/mol. The molecular formula is C22H25FN6S. The van der Waals surface area contributed by atoms with Crippen molar-refractivity contribution < 1.29 is 4.39 Å². The van der Waals surface area contributed by atoms with Gasteiger partial charge in [0.05, 0.1) is 17.1 Å². The largest absolute Gasteiger partial charge is 0.351 e. The molecule has 2 aromatic heterocycles. The van der Waals surface area contributed by atoms with E-state index in [1.165, 1.54) is 12.1 Å². The van der Waals surface area contributed by atoms with E-state index in [0.29, 0.717) is 12.0 Å². The molecule has 0 bridgehead atoms. The van der Waals surface area contributed by atoms with Crippen molar-refractivity contribution in [2.45, 2.75) is 37.5 Å². The number of aromatic nitrogens is 4. The number of nitrogens with zero attached hydrogens (tertiary/aromatic N) is 5. The minimum atomic E-state index is -0.246. The average molecular weight is 425 g/mol. The molecule has 8 heteroatoms. The normalized spacial score (nSPS) is 17.3. The molecule has 1 saturated heterocycles. The fourth-order valence-electron chi connectivity index (χ4n) is 4.18. The number of fused-ring (bicyclic) bond motifs is 1. The lowest BCUT2D eigenvalue weighted by Crippen LogP contribution is -2.39. The zero-order valence-electron chi connectivity index (χ0n) is 17.0. The van der Waals surface area contributed by atoms with Gasteiger partial charge in [0.15, 0.2) is 5.16 Å². The van der Waals surface area contributed by atoms with Gasteiger partial charge in [-0.25, -0.2) is 19.3 Å². The lowest BCUT2D eigenvalue weighted by Gasteiger charge is -2.31. The first-order valence-electron chi connectivity index (χ1n) is 10.5. The number of hydrogen-bond donors (Lipinski definition) is 1. The molecule has 2 aliphatic rings. The molecule has 2 aliphatic heterocycles. The molecule has 1 N–H and O–H groups in total. The van der Waals surface area contributed by atoms with Crippen LogP contribution in [0.5, 0.6) is 0 Å². The first-order chi connectivity index (χ1) is 14.7. The van der Waals surface area contributed by atoms with Crippen molar-refractivity contribution in [1.29, 1.82) is 0 Å². The number of halogens is 1. The van der Waals surface area contributed by atoms with Gasteiger partial charge in [0.2, 0.25) is 5.95 Å². The molecule has 3 aromatic rings. The second-order valence-electron chi connectivity index (χ2n) is 7.72. The molecule has 6 nitrogen and oxygen atoms in total. The maximum atomic E-state index is 13.4. The van der Waals surface area contributed by atoms with Gasteiger partial charge in [0, 0.05) is 43.2 Å². The van der Waals surface area contributed by atoms with E-state index in [4.69, 9.17) is 9.97 Å². The quantitative estimate of drug-likeness (QED) is 0.664. The van der Waals surface area contributed by atoms with E-state index in [1.807, 2.05) is 12.3 Å². The van der Waals surface area contributed by atoms with Gasteiger partial charge in [0.25, 0.3) is 0 Å². The smallest absolute Gasteiger partial charge is 0.223 e. The van der Waals surface area contributed by atoms with Crippen LogP contribution in [0.25, 0.3) is 22.6 Å². The molecule has 0 atom stereocenters. The number of anilines is 1. The van der Waals surface area contributed by atoms with Crippen molar-refractivity contribution in [2.75, 3.05) is 30.7 Å². The molecule has 0 saturated carbocycles. The molecule has 156 valence electrons.